The van der Waals surface area contributed by atoms with Gasteiger partial charge in [0.1, 0.15) is 50.3 Å². The first kappa shape index (κ1) is 58.0. The van der Waals surface area contributed by atoms with Crippen LogP contribution < -0.4 is 5.73 Å². The summed E-state index contributed by atoms with van der Waals surface area (Å²) in [5.41, 5.74) is 9.36. The maximum absolute atomic E-state index is 10.6. The molecular formula is C54H35BrCl3I3N8O8. The number of hydrogen-bond donors (Lipinski definition) is 7. The van der Waals surface area contributed by atoms with Gasteiger partial charge in [-0.2, -0.15) is 0 Å². The Morgan fingerprint density at radius 2 is 0.792 bits per heavy atom. The highest BCUT2D eigenvalue weighted by Gasteiger charge is 2.15. The maximum atomic E-state index is 10.6. The number of nitrogens with two attached hydrogens (primary N) is 1. The van der Waals surface area contributed by atoms with Crippen LogP contribution in [-0.4, -0.2) is 65.5 Å². The van der Waals surface area contributed by atoms with Gasteiger partial charge in [-0.1, -0.05) is 40.9 Å². The number of nitro groups is 1. The van der Waals surface area contributed by atoms with Crippen LogP contribution in [0, 0.1) is 20.8 Å². The Balaban J connectivity index is 0.000000134. The molecule has 6 heterocycles. The van der Waals surface area contributed by atoms with Crippen molar-refractivity contribution in [1.82, 2.24) is 29.9 Å². The zero-order chi connectivity index (χ0) is 55.5. The number of pyridine rings is 6. The Bertz CT molecular complexity index is 3780. The monoisotopic (exact) mass is 1490 g/mol. The van der Waals surface area contributed by atoms with E-state index >= 15 is 0 Å². The molecule has 8 N–H and O–H groups in total. The zero-order valence-corrected chi connectivity index (χ0v) is 49.3. The van der Waals surface area contributed by atoms with E-state index in [1.54, 1.807) is 97.7 Å². The summed E-state index contributed by atoms with van der Waals surface area (Å²) in [5.74, 6) is 0.873. The summed E-state index contributed by atoms with van der Waals surface area (Å²) in [6.07, 6.45) is 9.67. The second kappa shape index (κ2) is 26.6. The highest BCUT2D eigenvalue weighted by atomic mass is 127. The van der Waals surface area contributed by atoms with Crippen LogP contribution in [0.5, 0.6) is 34.5 Å². The van der Waals surface area contributed by atoms with Crippen LogP contribution in [0.15, 0.2) is 169 Å². The van der Waals surface area contributed by atoms with Gasteiger partial charge in [-0.3, -0.25) is 40.0 Å². The lowest BCUT2D eigenvalue weighted by Gasteiger charge is -2.03. The van der Waals surface area contributed by atoms with E-state index in [1.165, 1.54) is 24.4 Å². The summed E-state index contributed by atoms with van der Waals surface area (Å²) in [4.78, 5) is 34.3. The Kier molecular flexibility index (Phi) is 20.0. The van der Waals surface area contributed by atoms with Gasteiger partial charge in [-0.25, -0.2) is 0 Å². The number of anilines is 1. The number of phenols is 6. The van der Waals surface area contributed by atoms with Crippen LogP contribution in [0.3, 0.4) is 0 Å². The first-order chi connectivity index (χ1) is 36.9. The number of benzene rings is 6. The summed E-state index contributed by atoms with van der Waals surface area (Å²) in [5, 5.41) is 74.0. The number of fused-ring (bicyclic) bond motifs is 6. The van der Waals surface area contributed by atoms with Crippen molar-refractivity contribution >= 4 is 195 Å². The molecule has 0 spiro atoms. The number of nitro benzene ring substituents is 1. The molecule has 12 rings (SSSR count). The molecule has 0 fully saturated rings. The second-order valence-electron chi connectivity index (χ2n) is 15.6. The smallest absolute Gasteiger partial charge is 0.279 e. The fourth-order valence-electron chi connectivity index (χ4n) is 7.08. The maximum Gasteiger partial charge on any atom is 0.279 e. The summed E-state index contributed by atoms with van der Waals surface area (Å²) in [7, 11) is 0. The van der Waals surface area contributed by atoms with Crippen molar-refractivity contribution in [1.29, 1.82) is 0 Å². The third-order valence-electron chi connectivity index (χ3n) is 10.7. The van der Waals surface area contributed by atoms with E-state index in [2.05, 4.69) is 91.0 Å². The summed E-state index contributed by atoms with van der Waals surface area (Å²) in [6.45, 7) is 0. The van der Waals surface area contributed by atoms with E-state index < -0.39 is 4.92 Å². The molecule has 388 valence electrons. The van der Waals surface area contributed by atoms with Gasteiger partial charge in [-0.05, 0) is 199 Å². The fourth-order valence-corrected chi connectivity index (χ4v) is 11.0. The topological polar surface area (TPSA) is 268 Å². The summed E-state index contributed by atoms with van der Waals surface area (Å²) < 4.78 is 3.23. The molecule has 0 atom stereocenters. The molecule has 23 heteroatoms. The van der Waals surface area contributed by atoms with E-state index in [0.29, 0.717) is 61.8 Å². The number of nitrogens with zero attached hydrogens (tertiary/aromatic N) is 7. The molecule has 0 radical (unpaired) electrons. The van der Waals surface area contributed by atoms with Crippen molar-refractivity contribution in [2.45, 2.75) is 0 Å². The SMILES string of the molecule is Nc1ccc(O)c2ncccc12.O=[N+]([O-])c1ccc(O)c2ncccc12.Oc1c(Br)cc(Cl)c2cccnc12.Oc1c(I)cc(Cl)c2cccnc12.Oc1c(I)cc(I)c2cccnc12.Oc1ccc(Cl)c2cccnc12. The zero-order valence-electron chi connectivity index (χ0n) is 38.9. The van der Waals surface area contributed by atoms with Gasteiger partial charge in [0.2, 0.25) is 0 Å². The third-order valence-corrected chi connectivity index (χ3v) is 14.8. The van der Waals surface area contributed by atoms with Gasteiger partial charge in [0.25, 0.3) is 5.69 Å². The Labute approximate surface area is 500 Å². The highest BCUT2D eigenvalue weighted by Crippen LogP contribution is 2.37. The van der Waals surface area contributed by atoms with E-state index in [9.17, 15) is 40.8 Å². The number of rotatable bonds is 1. The number of aromatic nitrogens is 6. The molecule has 0 aliphatic rings. The van der Waals surface area contributed by atoms with E-state index in [1.807, 2.05) is 65.1 Å². The minimum Gasteiger partial charge on any atom is -0.506 e. The van der Waals surface area contributed by atoms with E-state index in [-0.39, 0.29) is 45.7 Å². The molecule has 0 amide bonds. The highest BCUT2D eigenvalue weighted by molar-refractivity contribution is 14.1. The van der Waals surface area contributed by atoms with Crippen LogP contribution in [-0.2, 0) is 0 Å². The molecular weight excluding hydrogens is 1460 g/mol. The van der Waals surface area contributed by atoms with Crippen LogP contribution >= 0.6 is 119 Å². The van der Waals surface area contributed by atoms with E-state index in [4.69, 9.17) is 40.5 Å². The first-order valence-corrected chi connectivity index (χ1v) is 27.0. The Hall–Kier alpha value is -6.68. The number of halogens is 7. The molecule has 0 aliphatic heterocycles. The number of hydrogen-bond acceptors (Lipinski definition) is 15. The van der Waals surface area contributed by atoms with Gasteiger partial charge in [0, 0.05) is 79.4 Å². The minimum absolute atomic E-state index is 0.0498. The lowest BCUT2D eigenvalue weighted by atomic mass is 10.2. The lowest BCUT2D eigenvalue weighted by Crippen LogP contribution is -1.90. The molecule has 0 bridgehead atoms. The van der Waals surface area contributed by atoms with Crippen molar-refractivity contribution in [3.8, 4) is 34.5 Å². The number of aromatic hydroxyl groups is 6. The van der Waals surface area contributed by atoms with Crippen molar-refractivity contribution < 1.29 is 35.6 Å². The standard InChI is InChI=1S/C9H5BrClNO.C9H5ClINO.C9H6ClNO.C9H5I2NO.C9H6N2O3.C9H8N2O/c10-6-4-7(11)5-2-1-3-12-8(5)9(6)13;10-6-4-7(11)9(13)8-5(6)2-1-3-12-8;10-7-3-4-8(12)9-6(7)2-1-5-11-9;10-6-4-7(11)9(13)8-5(6)2-1-3-12-8;12-8-4-3-7(11(13)14)6-2-1-5-10-9(6)8;10-7-3-4-8(12)9-6(7)2-1-5-11-9/h2*1-4,13H;1-5,12H;1-4,13H;1-5,12H;1-5,12H,10H2. The lowest BCUT2D eigenvalue weighted by molar-refractivity contribution is -0.383. The van der Waals surface area contributed by atoms with E-state index in [0.717, 1.165) is 34.1 Å². The summed E-state index contributed by atoms with van der Waals surface area (Å²) in [6, 6.07) is 35.7. The van der Waals surface area contributed by atoms with Crippen LogP contribution in [0.1, 0.15) is 0 Å². The van der Waals surface area contributed by atoms with Gasteiger partial charge >= 0.3 is 0 Å². The fraction of sp³-hybridized carbons (Fsp3) is 0. The normalized spacial score (nSPS) is 10.5. The molecule has 0 saturated carbocycles. The average Bonchev–Trinajstić information content (AvgIpc) is 3.45. The summed E-state index contributed by atoms with van der Waals surface area (Å²) >= 11 is 27.4. The van der Waals surface area contributed by atoms with Gasteiger partial charge in [-0.15, -0.1) is 0 Å². The van der Waals surface area contributed by atoms with Crippen molar-refractivity contribution in [3.05, 3.63) is 205 Å². The largest absolute Gasteiger partial charge is 0.506 e. The molecule has 77 heavy (non-hydrogen) atoms. The average molecular weight is 1490 g/mol. The molecule has 12 aromatic rings. The van der Waals surface area contributed by atoms with Gasteiger partial charge < -0.3 is 36.4 Å². The molecule has 6 aromatic carbocycles. The van der Waals surface area contributed by atoms with Crippen molar-refractivity contribution in [2.75, 3.05) is 5.73 Å². The number of phenolic OH excluding ortho intramolecular Hbond substituents is 6. The number of nitrogen functional groups attached to an aromatic ring is 1. The first-order valence-electron chi connectivity index (χ1n) is 21.9. The molecule has 16 nitrogen and oxygen atoms in total. The van der Waals surface area contributed by atoms with Crippen molar-refractivity contribution in [3.63, 3.8) is 0 Å². The van der Waals surface area contributed by atoms with Gasteiger partial charge in [0.15, 0.2) is 17.2 Å². The Morgan fingerprint density at radius 3 is 1.29 bits per heavy atom. The second-order valence-corrected chi connectivity index (χ2v) is 21.1. The minimum atomic E-state index is -0.497. The van der Waals surface area contributed by atoms with Crippen LogP contribution in [0.25, 0.3) is 65.4 Å². The van der Waals surface area contributed by atoms with Crippen molar-refractivity contribution in [2.24, 2.45) is 0 Å². The van der Waals surface area contributed by atoms with Crippen LogP contribution in [0.2, 0.25) is 15.1 Å². The molecule has 0 saturated heterocycles. The Morgan fingerprint density at radius 1 is 0.429 bits per heavy atom. The van der Waals surface area contributed by atoms with Gasteiger partial charge in [0.05, 0.1) is 37.0 Å². The van der Waals surface area contributed by atoms with Crippen LogP contribution in [0.4, 0.5) is 11.4 Å². The predicted octanol–water partition coefficient (Wildman–Crippen LogP) is 15.7. The quantitative estimate of drug-likeness (QED) is 0.0265. The third kappa shape index (κ3) is 13.9. The molecule has 6 aromatic heterocycles. The molecule has 0 unspecified atom stereocenters. The number of non-ortho nitro benzene ring substituents is 1. The molecule has 0 aliphatic carbocycles. The predicted molar refractivity (Wildman–Crippen MR) is 332 cm³/mol.